The number of benzene rings is 2. The molecule has 0 aliphatic carbocycles. The summed E-state index contributed by atoms with van der Waals surface area (Å²) in [6.07, 6.45) is 0. The minimum absolute atomic E-state index is 0.104. The zero-order valence-corrected chi connectivity index (χ0v) is 15.6. The first kappa shape index (κ1) is 17.5. The molecular formula is C18H17ClN2O3S. The number of thiazole rings is 1. The summed E-state index contributed by atoms with van der Waals surface area (Å²) in [5.41, 5.74) is 2.56. The normalized spacial score (nSPS) is 10.7. The van der Waals surface area contributed by atoms with Crippen LogP contribution in [0.25, 0.3) is 10.2 Å². The van der Waals surface area contributed by atoms with E-state index in [-0.39, 0.29) is 12.5 Å². The number of ether oxygens (including phenoxy) is 2. The number of carbonyl (C=O) groups excluding carboxylic acids is 1. The number of methoxy groups -OCH3 is 1. The van der Waals surface area contributed by atoms with E-state index in [9.17, 15) is 4.79 Å². The summed E-state index contributed by atoms with van der Waals surface area (Å²) >= 11 is 7.52. The van der Waals surface area contributed by atoms with Crippen LogP contribution < -0.4 is 14.8 Å². The van der Waals surface area contributed by atoms with E-state index in [1.807, 2.05) is 44.2 Å². The molecule has 0 unspecified atom stereocenters. The Kier molecular flexibility index (Phi) is 5.11. The Balaban J connectivity index is 1.67. The smallest absolute Gasteiger partial charge is 0.264 e. The maximum Gasteiger partial charge on any atom is 0.264 e. The van der Waals surface area contributed by atoms with Crippen molar-refractivity contribution in [1.29, 1.82) is 0 Å². The molecule has 5 nitrogen and oxygen atoms in total. The fraction of sp³-hybridized carbons (Fsp3) is 0.222. The standard InChI is InChI=1S/C18H17ClN2O3S/c1-10-7-12(8-11(2)16(10)19)24-9-15(22)20-18-21-17-13(23-3)5-4-6-14(17)25-18/h4-8H,9H2,1-3H3,(H,20,21,22). The Morgan fingerprint density at radius 1 is 1.28 bits per heavy atom. The van der Waals surface area contributed by atoms with Crippen LogP contribution in [0, 0.1) is 13.8 Å². The van der Waals surface area contributed by atoms with E-state index in [0.29, 0.717) is 21.7 Å². The molecule has 0 saturated carbocycles. The van der Waals surface area contributed by atoms with Crippen molar-refractivity contribution in [2.45, 2.75) is 13.8 Å². The SMILES string of the molecule is COc1cccc2sc(NC(=O)COc3cc(C)c(Cl)c(C)c3)nc12. The lowest BCUT2D eigenvalue weighted by atomic mass is 10.1. The van der Waals surface area contributed by atoms with Gasteiger partial charge < -0.3 is 9.47 Å². The Morgan fingerprint density at radius 2 is 2.00 bits per heavy atom. The molecule has 3 rings (SSSR count). The molecule has 0 spiro atoms. The molecule has 7 heteroatoms. The second-order valence-electron chi connectivity index (χ2n) is 5.53. The molecule has 0 saturated heterocycles. The van der Waals surface area contributed by atoms with E-state index < -0.39 is 0 Å². The van der Waals surface area contributed by atoms with Gasteiger partial charge in [0.1, 0.15) is 17.0 Å². The molecule has 0 aliphatic heterocycles. The Bertz CT molecular complexity index is 916. The van der Waals surface area contributed by atoms with Crippen molar-refractivity contribution in [3.8, 4) is 11.5 Å². The number of anilines is 1. The van der Waals surface area contributed by atoms with Crippen LogP contribution in [0.3, 0.4) is 0 Å². The molecule has 1 aromatic heterocycles. The van der Waals surface area contributed by atoms with Crippen LogP contribution in [0.5, 0.6) is 11.5 Å². The second-order valence-corrected chi connectivity index (χ2v) is 6.94. The van der Waals surface area contributed by atoms with Gasteiger partial charge in [-0.2, -0.15) is 0 Å². The highest BCUT2D eigenvalue weighted by molar-refractivity contribution is 7.22. The van der Waals surface area contributed by atoms with Gasteiger partial charge in [-0.15, -0.1) is 0 Å². The molecule has 0 atom stereocenters. The average molecular weight is 377 g/mol. The molecular weight excluding hydrogens is 360 g/mol. The van der Waals surface area contributed by atoms with Crippen LogP contribution in [0.15, 0.2) is 30.3 Å². The van der Waals surface area contributed by atoms with E-state index in [2.05, 4.69) is 10.3 Å². The number of hydrogen-bond acceptors (Lipinski definition) is 5. The van der Waals surface area contributed by atoms with E-state index in [1.165, 1.54) is 11.3 Å². The topological polar surface area (TPSA) is 60.5 Å². The second kappa shape index (κ2) is 7.29. The number of halogens is 1. The van der Waals surface area contributed by atoms with Gasteiger partial charge in [0.25, 0.3) is 5.91 Å². The largest absolute Gasteiger partial charge is 0.494 e. The van der Waals surface area contributed by atoms with Gasteiger partial charge in [-0.05, 0) is 49.2 Å². The van der Waals surface area contributed by atoms with Crippen molar-refractivity contribution in [3.63, 3.8) is 0 Å². The molecule has 130 valence electrons. The van der Waals surface area contributed by atoms with Crippen LogP contribution in [-0.4, -0.2) is 24.6 Å². The number of carbonyl (C=O) groups is 1. The Hall–Kier alpha value is -2.31. The number of aromatic nitrogens is 1. The van der Waals surface area contributed by atoms with E-state index in [1.54, 1.807) is 7.11 Å². The van der Waals surface area contributed by atoms with Crippen LogP contribution in [0.2, 0.25) is 5.02 Å². The molecule has 0 fully saturated rings. The summed E-state index contributed by atoms with van der Waals surface area (Å²) in [6, 6.07) is 9.28. The van der Waals surface area contributed by atoms with Crippen LogP contribution >= 0.6 is 22.9 Å². The average Bonchev–Trinajstić information content (AvgIpc) is 2.99. The van der Waals surface area contributed by atoms with Gasteiger partial charge in [-0.3, -0.25) is 10.1 Å². The lowest BCUT2D eigenvalue weighted by Gasteiger charge is -2.09. The minimum atomic E-state index is -0.275. The van der Waals surface area contributed by atoms with Gasteiger partial charge in [0.2, 0.25) is 0 Å². The number of aryl methyl sites for hydroxylation is 2. The van der Waals surface area contributed by atoms with E-state index in [0.717, 1.165) is 21.3 Å². The molecule has 3 aromatic rings. The summed E-state index contributed by atoms with van der Waals surface area (Å²) in [6.45, 7) is 3.70. The Labute approximate surface area is 154 Å². The van der Waals surface area contributed by atoms with Gasteiger partial charge in [-0.1, -0.05) is 29.0 Å². The highest BCUT2D eigenvalue weighted by Gasteiger charge is 2.12. The lowest BCUT2D eigenvalue weighted by molar-refractivity contribution is -0.118. The van der Waals surface area contributed by atoms with Crippen molar-refractivity contribution in [3.05, 3.63) is 46.5 Å². The highest BCUT2D eigenvalue weighted by Crippen LogP contribution is 2.32. The number of para-hydroxylation sites is 1. The summed E-state index contributed by atoms with van der Waals surface area (Å²) in [7, 11) is 1.59. The van der Waals surface area contributed by atoms with Gasteiger partial charge >= 0.3 is 0 Å². The van der Waals surface area contributed by atoms with Crippen LogP contribution in [0.4, 0.5) is 5.13 Å². The number of hydrogen-bond donors (Lipinski definition) is 1. The summed E-state index contributed by atoms with van der Waals surface area (Å²) < 4.78 is 11.8. The molecule has 1 amide bonds. The zero-order valence-electron chi connectivity index (χ0n) is 14.1. The van der Waals surface area contributed by atoms with Crippen molar-refractivity contribution >= 4 is 44.2 Å². The van der Waals surface area contributed by atoms with Gasteiger partial charge in [0.15, 0.2) is 11.7 Å². The summed E-state index contributed by atoms with van der Waals surface area (Å²) in [5.74, 6) is 1.02. The molecule has 2 aromatic carbocycles. The van der Waals surface area contributed by atoms with Crippen LogP contribution in [-0.2, 0) is 4.79 Å². The monoisotopic (exact) mass is 376 g/mol. The summed E-state index contributed by atoms with van der Waals surface area (Å²) in [4.78, 5) is 16.5. The first-order valence-electron chi connectivity index (χ1n) is 7.61. The molecule has 0 aliphatic rings. The first-order chi connectivity index (χ1) is 12.0. The third kappa shape index (κ3) is 3.86. The lowest BCUT2D eigenvalue weighted by Crippen LogP contribution is -2.20. The zero-order chi connectivity index (χ0) is 18.0. The Morgan fingerprint density at radius 3 is 2.68 bits per heavy atom. The number of amides is 1. The molecule has 1 heterocycles. The first-order valence-corrected chi connectivity index (χ1v) is 8.80. The quantitative estimate of drug-likeness (QED) is 0.707. The van der Waals surface area contributed by atoms with Gasteiger partial charge in [-0.25, -0.2) is 4.98 Å². The summed E-state index contributed by atoms with van der Waals surface area (Å²) in [5, 5.41) is 3.97. The fourth-order valence-electron chi connectivity index (χ4n) is 2.44. The maximum atomic E-state index is 12.1. The van der Waals surface area contributed by atoms with E-state index in [4.69, 9.17) is 21.1 Å². The van der Waals surface area contributed by atoms with E-state index >= 15 is 0 Å². The van der Waals surface area contributed by atoms with Crippen LogP contribution in [0.1, 0.15) is 11.1 Å². The van der Waals surface area contributed by atoms with Gasteiger partial charge in [0.05, 0.1) is 11.8 Å². The van der Waals surface area contributed by atoms with Crippen molar-refractivity contribution in [1.82, 2.24) is 4.98 Å². The number of nitrogens with zero attached hydrogens (tertiary/aromatic N) is 1. The van der Waals surface area contributed by atoms with Gasteiger partial charge in [0, 0.05) is 5.02 Å². The molecule has 1 N–H and O–H groups in total. The molecule has 25 heavy (non-hydrogen) atoms. The third-order valence-corrected chi connectivity index (χ3v) is 5.16. The number of nitrogens with one attached hydrogen (secondary N) is 1. The van der Waals surface area contributed by atoms with Crippen molar-refractivity contribution < 1.29 is 14.3 Å². The fourth-order valence-corrected chi connectivity index (χ4v) is 3.44. The number of rotatable bonds is 5. The predicted octanol–water partition coefficient (Wildman–Crippen LogP) is 4.59. The highest BCUT2D eigenvalue weighted by atomic mass is 35.5. The molecule has 0 bridgehead atoms. The van der Waals surface area contributed by atoms with Crippen molar-refractivity contribution in [2.24, 2.45) is 0 Å². The minimum Gasteiger partial charge on any atom is -0.494 e. The number of fused-ring (bicyclic) bond motifs is 1. The third-order valence-electron chi connectivity index (χ3n) is 3.63. The van der Waals surface area contributed by atoms with Crippen molar-refractivity contribution in [2.75, 3.05) is 19.0 Å². The predicted molar refractivity (Wildman–Crippen MR) is 101 cm³/mol. The molecule has 0 radical (unpaired) electrons. The maximum absolute atomic E-state index is 12.1.